The van der Waals surface area contributed by atoms with Crippen LogP contribution < -0.4 is 4.90 Å². The summed E-state index contributed by atoms with van der Waals surface area (Å²) < 4.78 is 16.7. The molecule has 2 aliphatic rings. The summed E-state index contributed by atoms with van der Waals surface area (Å²) in [5.74, 6) is 2.46. The maximum Gasteiger partial charge on any atom is 0.227 e. The number of nitrogens with zero attached hydrogens (tertiary/aromatic N) is 4. The first-order valence-corrected chi connectivity index (χ1v) is 8.94. The lowest BCUT2D eigenvalue weighted by atomic mass is 10.0. The van der Waals surface area contributed by atoms with Crippen molar-refractivity contribution in [1.82, 2.24) is 15.1 Å². The Morgan fingerprint density at radius 1 is 1.08 bits per heavy atom. The summed E-state index contributed by atoms with van der Waals surface area (Å²) in [6.45, 7) is 2.93. The zero-order valence-electron chi connectivity index (χ0n) is 14.0. The molecular formula is C18H20N4O3. The molecule has 0 N–H and O–H groups in total. The third-order valence-corrected chi connectivity index (χ3v) is 5.12. The van der Waals surface area contributed by atoms with Crippen LogP contribution in [0.4, 0.5) is 5.82 Å². The zero-order chi connectivity index (χ0) is 16.6. The lowest BCUT2D eigenvalue weighted by Crippen LogP contribution is -2.37. The number of rotatable bonds is 3. The third-order valence-electron chi connectivity index (χ3n) is 5.12. The van der Waals surface area contributed by atoms with Crippen LogP contribution in [0.1, 0.15) is 37.3 Å². The number of morpholine rings is 1. The van der Waals surface area contributed by atoms with Crippen LogP contribution in [0.25, 0.3) is 22.7 Å². The maximum atomic E-state index is 5.73. The van der Waals surface area contributed by atoms with E-state index < -0.39 is 0 Å². The Bertz CT molecular complexity index is 862. The van der Waals surface area contributed by atoms with Gasteiger partial charge >= 0.3 is 0 Å². The van der Waals surface area contributed by atoms with Gasteiger partial charge in [-0.05, 0) is 25.0 Å². The largest absolute Gasteiger partial charge is 0.461 e. The summed E-state index contributed by atoms with van der Waals surface area (Å²) in [4.78, 5) is 11.7. The van der Waals surface area contributed by atoms with Crippen LogP contribution in [0.2, 0.25) is 0 Å². The number of furan rings is 1. The van der Waals surface area contributed by atoms with Crippen LogP contribution in [0.15, 0.2) is 27.3 Å². The number of ether oxygens (including phenoxy) is 1. The van der Waals surface area contributed by atoms with Crippen LogP contribution in [-0.4, -0.2) is 41.4 Å². The van der Waals surface area contributed by atoms with E-state index in [4.69, 9.17) is 23.6 Å². The minimum absolute atomic E-state index is 0.429. The molecule has 1 saturated heterocycles. The van der Waals surface area contributed by atoms with Crippen molar-refractivity contribution in [2.75, 3.05) is 31.2 Å². The van der Waals surface area contributed by atoms with Crippen LogP contribution in [0.3, 0.4) is 0 Å². The average molecular weight is 340 g/mol. The van der Waals surface area contributed by atoms with E-state index in [2.05, 4.69) is 10.1 Å². The van der Waals surface area contributed by atoms with Gasteiger partial charge in [0.25, 0.3) is 0 Å². The van der Waals surface area contributed by atoms with Crippen molar-refractivity contribution < 1.29 is 13.7 Å². The fourth-order valence-electron chi connectivity index (χ4n) is 3.81. The maximum absolute atomic E-state index is 5.73. The molecule has 7 heteroatoms. The molecule has 3 aromatic heterocycles. The van der Waals surface area contributed by atoms with Crippen molar-refractivity contribution >= 4 is 16.9 Å². The highest BCUT2D eigenvalue weighted by molar-refractivity contribution is 5.87. The van der Waals surface area contributed by atoms with Gasteiger partial charge in [0.1, 0.15) is 11.2 Å². The van der Waals surface area contributed by atoms with Crippen LogP contribution in [0.5, 0.6) is 0 Å². The highest BCUT2D eigenvalue weighted by Gasteiger charge is 2.28. The number of fused-ring (bicyclic) bond motifs is 1. The monoisotopic (exact) mass is 340 g/mol. The molecule has 1 saturated carbocycles. The van der Waals surface area contributed by atoms with Crippen molar-refractivity contribution in [1.29, 1.82) is 0 Å². The van der Waals surface area contributed by atoms with Crippen LogP contribution in [-0.2, 0) is 4.74 Å². The molecule has 1 aliphatic carbocycles. The summed E-state index contributed by atoms with van der Waals surface area (Å²) in [5, 5.41) is 4.39. The molecule has 0 unspecified atom stereocenters. The predicted molar refractivity (Wildman–Crippen MR) is 91.5 cm³/mol. The Morgan fingerprint density at radius 3 is 2.68 bits per heavy atom. The van der Waals surface area contributed by atoms with Crippen molar-refractivity contribution in [3.63, 3.8) is 0 Å². The molecule has 5 rings (SSSR count). The number of aromatic nitrogens is 3. The molecule has 0 spiro atoms. The molecular weight excluding hydrogens is 320 g/mol. The quantitative estimate of drug-likeness (QED) is 0.723. The van der Waals surface area contributed by atoms with Gasteiger partial charge in [0.15, 0.2) is 17.4 Å². The van der Waals surface area contributed by atoms with Crippen molar-refractivity contribution in [3.8, 4) is 11.6 Å². The highest BCUT2D eigenvalue weighted by atomic mass is 16.5. The number of hydrogen-bond acceptors (Lipinski definition) is 7. The minimum atomic E-state index is 0.429. The molecule has 0 aromatic carbocycles. The lowest BCUT2D eigenvalue weighted by Gasteiger charge is -2.27. The molecule has 7 nitrogen and oxygen atoms in total. The van der Waals surface area contributed by atoms with Gasteiger partial charge in [-0.25, -0.2) is 9.97 Å². The first-order chi connectivity index (χ1) is 12.4. The number of anilines is 1. The van der Waals surface area contributed by atoms with E-state index in [1.165, 1.54) is 12.8 Å². The van der Waals surface area contributed by atoms with Gasteiger partial charge in [0.05, 0.1) is 19.5 Å². The highest BCUT2D eigenvalue weighted by Crippen LogP contribution is 2.39. The summed E-state index contributed by atoms with van der Waals surface area (Å²) in [6, 6.07) is 3.73. The van der Waals surface area contributed by atoms with E-state index >= 15 is 0 Å². The summed E-state index contributed by atoms with van der Waals surface area (Å²) in [5.41, 5.74) is 2.48. The molecule has 2 fully saturated rings. The Morgan fingerprint density at radius 2 is 1.92 bits per heavy atom. The van der Waals surface area contributed by atoms with Crippen molar-refractivity contribution in [2.24, 2.45) is 0 Å². The molecule has 130 valence electrons. The van der Waals surface area contributed by atoms with Crippen LogP contribution in [0, 0.1) is 0 Å². The normalized spacial score (nSPS) is 19.1. The molecule has 0 atom stereocenters. The Kier molecular flexibility index (Phi) is 3.66. The molecule has 25 heavy (non-hydrogen) atoms. The molecule has 1 aliphatic heterocycles. The standard InChI is InChI=1S/C18H20N4O3/c1-2-5-12(4-1)14-15-16(25-21-14)18(22-7-10-23-11-8-22)20-17(19-15)13-6-3-9-24-13/h3,6,9,12H,1-2,4-5,7-8,10-11H2. The van der Waals surface area contributed by atoms with Crippen molar-refractivity contribution in [2.45, 2.75) is 31.6 Å². The first kappa shape index (κ1) is 14.9. The SMILES string of the molecule is c1coc(-c2nc(N3CCOCC3)c3onc(C4CCCC4)c3n2)c1. The molecule has 4 heterocycles. The van der Waals surface area contributed by atoms with Gasteiger partial charge in [-0.2, -0.15) is 0 Å². The fraction of sp³-hybridized carbons (Fsp3) is 0.500. The molecule has 0 radical (unpaired) electrons. The average Bonchev–Trinajstić information content (AvgIpc) is 3.41. The van der Waals surface area contributed by atoms with Gasteiger partial charge < -0.3 is 18.6 Å². The van der Waals surface area contributed by atoms with E-state index in [9.17, 15) is 0 Å². The van der Waals surface area contributed by atoms with Gasteiger partial charge in [-0.1, -0.05) is 18.0 Å². The van der Waals surface area contributed by atoms with Crippen LogP contribution >= 0.6 is 0 Å². The smallest absolute Gasteiger partial charge is 0.227 e. The summed E-state index contributed by atoms with van der Waals surface area (Å²) >= 11 is 0. The van der Waals surface area contributed by atoms with E-state index in [0.29, 0.717) is 36.3 Å². The Balaban J connectivity index is 1.68. The van der Waals surface area contributed by atoms with Gasteiger partial charge in [-0.15, -0.1) is 0 Å². The Labute approximate surface area is 145 Å². The first-order valence-electron chi connectivity index (χ1n) is 8.94. The second-order valence-electron chi connectivity index (χ2n) is 6.67. The van der Waals surface area contributed by atoms with E-state index in [1.807, 2.05) is 12.1 Å². The second kappa shape index (κ2) is 6.15. The third kappa shape index (κ3) is 2.59. The van der Waals surface area contributed by atoms with E-state index in [-0.39, 0.29) is 0 Å². The fourth-order valence-corrected chi connectivity index (χ4v) is 3.81. The van der Waals surface area contributed by atoms with E-state index in [1.54, 1.807) is 6.26 Å². The summed E-state index contributed by atoms with van der Waals surface area (Å²) in [6.07, 6.45) is 6.42. The van der Waals surface area contributed by atoms with Gasteiger partial charge in [0.2, 0.25) is 5.58 Å². The predicted octanol–water partition coefficient (Wildman–Crippen LogP) is 3.37. The minimum Gasteiger partial charge on any atom is -0.461 e. The van der Waals surface area contributed by atoms with Gasteiger partial charge in [0, 0.05) is 19.0 Å². The van der Waals surface area contributed by atoms with E-state index in [0.717, 1.165) is 43.0 Å². The summed E-state index contributed by atoms with van der Waals surface area (Å²) in [7, 11) is 0. The van der Waals surface area contributed by atoms with Crippen molar-refractivity contribution in [3.05, 3.63) is 24.1 Å². The molecule has 0 amide bonds. The molecule has 0 bridgehead atoms. The lowest BCUT2D eigenvalue weighted by molar-refractivity contribution is 0.122. The van der Waals surface area contributed by atoms with Gasteiger partial charge in [-0.3, -0.25) is 0 Å². The number of hydrogen-bond donors (Lipinski definition) is 0. The zero-order valence-corrected chi connectivity index (χ0v) is 14.0. The Hall–Kier alpha value is -2.41. The topological polar surface area (TPSA) is 77.4 Å². The second-order valence-corrected chi connectivity index (χ2v) is 6.67. The molecule has 3 aromatic rings.